The summed E-state index contributed by atoms with van der Waals surface area (Å²) < 4.78 is 13.6. The Morgan fingerprint density at radius 3 is 2.76 bits per heavy atom. The molecule has 2 aromatic rings. The van der Waals surface area contributed by atoms with Crippen LogP contribution in [0.5, 0.6) is 0 Å². The zero-order valence-electron chi connectivity index (χ0n) is 11.2. The van der Waals surface area contributed by atoms with E-state index < -0.39 is 0 Å². The number of hydrogen-bond acceptors (Lipinski definition) is 2. The van der Waals surface area contributed by atoms with Gasteiger partial charge in [-0.2, -0.15) is 0 Å². The lowest BCUT2D eigenvalue weighted by molar-refractivity contribution is -0.118. The number of hydrogen-bond donors (Lipinski definition) is 2. The minimum atomic E-state index is -0.343. The van der Waals surface area contributed by atoms with Crippen molar-refractivity contribution in [1.82, 2.24) is 5.32 Å². The predicted octanol–water partition coefficient (Wildman–Crippen LogP) is 3.24. The fourth-order valence-corrected chi connectivity index (χ4v) is 2.90. The van der Waals surface area contributed by atoms with Gasteiger partial charge in [0.2, 0.25) is 5.91 Å². The fourth-order valence-electron chi connectivity index (χ4n) is 2.45. The fraction of sp³-hybridized carbons (Fsp3) is 0.188. The van der Waals surface area contributed by atoms with E-state index in [-0.39, 0.29) is 17.8 Å². The third-order valence-electron chi connectivity index (χ3n) is 3.59. The van der Waals surface area contributed by atoms with Crippen LogP contribution in [0.2, 0.25) is 0 Å². The second kappa shape index (κ2) is 5.95. The van der Waals surface area contributed by atoms with Crippen molar-refractivity contribution in [3.63, 3.8) is 0 Å². The summed E-state index contributed by atoms with van der Waals surface area (Å²) in [5, 5.41) is 6.05. The summed E-state index contributed by atoms with van der Waals surface area (Å²) in [6.07, 6.45) is 0.654. The first-order valence-electron chi connectivity index (χ1n) is 6.69. The molecule has 3 rings (SSSR count). The van der Waals surface area contributed by atoms with E-state index in [1.165, 1.54) is 23.3 Å². The Balaban J connectivity index is 1.72. The van der Waals surface area contributed by atoms with Gasteiger partial charge in [-0.25, -0.2) is 4.39 Å². The smallest absolute Gasteiger partial charge is 0.241 e. The van der Waals surface area contributed by atoms with Gasteiger partial charge in [0, 0.05) is 11.0 Å². The minimum absolute atomic E-state index is 0.114. The Morgan fingerprint density at radius 2 is 2.00 bits per heavy atom. The van der Waals surface area contributed by atoms with E-state index in [0.29, 0.717) is 23.1 Å². The van der Waals surface area contributed by atoms with Crippen molar-refractivity contribution in [3.05, 3.63) is 63.9 Å². The third-order valence-corrected chi connectivity index (χ3v) is 4.24. The van der Waals surface area contributed by atoms with Gasteiger partial charge in [-0.1, -0.05) is 24.3 Å². The Bertz CT molecular complexity index is 690. The molecule has 0 fully saturated rings. The van der Waals surface area contributed by atoms with Crippen LogP contribution >= 0.6 is 15.9 Å². The molecule has 21 heavy (non-hydrogen) atoms. The van der Waals surface area contributed by atoms with E-state index in [1.807, 2.05) is 18.2 Å². The van der Waals surface area contributed by atoms with Crippen LogP contribution in [0.25, 0.3) is 0 Å². The zero-order chi connectivity index (χ0) is 14.8. The van der Waals surface area contributed by atoms with Gasteiger partial charge in [0.05, 0.1) is 11.7 Å². The largest absolute Gasteiger partial charge is 0.324 e. The zero-order valence-corrected chi connectivity index (χ0v) is 12.8. The van der Waals surface area contributed by atoms with E-state index in [0.717, 1.165) is 0 Å². The summed E-state index contributed by atoms with van der Waals surface area (Å²) in [5.74, 6) is -0.457. The number of nitrogens with one attached hydrogen (secondary N) is 2. The number of halogens is 2. The molecule has 2 aromatic carbocycles. The second-order valence-electron chi connectivity index (χ2n) is 5.02. The molecule has 0 spiro atoms. The first-order chi connectivity index (χ1) is 10.1. The first-order valence-corrected chi connectivity index (χ1v) is 7.49. The van der Waals surface area contributed by atoms with Gasteiger partial charge in [-0.15, -0.1) is 0 Å². The normalized spacial score (nSPS) is 17.1. The van der Waals surface area contributed by atoms with Gasteiger partial charge in [0.25, 0.3) is 0 Å². The van der Waals surface area contributed by atoms with Crippen molar-refractivity contribution < 1.29 is 9.18 Å². The minimum Gasteiger partial charge on any atom is -0.324 e. The molecule has 1 aliphatic rings. The molecular formula is C16H14BrFN2O. The van der Waals surface area contributed by atoms with Crippen LogP contribution in [0.4, 0.5) is 10.1 Å². The van der Waals surface area contributed by atoms with Gasteiger partial charge in [-0.05, 0) is 51.7 Å². The molecule has 3 nitrogen and oxygen atoms in total. The van der Waals surface area contributed by atoms with Crippen molar-refractivity contribution in [2.24, 2.45) is 0 Å². The molecule has 0 aliphatic carbocycles. The molecule has 0 saturated carbocycles. The number of fused-ring (bicyclic) bond motifs is 1. The molecule has 1 heterocycles. The predicted molar refractivity (Wildman–Crippen MR) is 83.5 cm³/mol. The summed E-state index contributed by atoms with van der Waals surface area (Å²) in [5.41, 5.74) is 2.99. The number of benzene rings is 2. The highest BCUT2D eigenvalue weighted by Gasteiger charge is 2.24. The lowest BCUT2D eigenvalue weighted by atomic mass is 9.95. The summed E-state index contributed by atoms with van der Waals surface area (Å²) in [7, 11) is 0. The number of amides is 1. The standard InChI is InChI=1S/C16H14BrFN2O/c17-13-8-12(18)5-6-14(13)20-16(21)15-7-10-3-1-2-4-11(10)9-19-15/h1-6,8,15,19H,7,9H2,(H,20,21)/t15-/m0/s1. The van der Waals surface area contributed by atoms with Crippen LogP contribution in [0, 0.1) is 5.82 Å². The van der Waals surface area contributed by atoms with Crippen LogP contribution in [0.1, 0.15) is 11.1 Å². The van der Waals surface area contributed by atoms with Crippen LogP contribution in [-0.2, 0) is 17.8 Å². The van der Waals surface area contributed by atoms with Gasteiger partial charge >= 0.3 is 0 Å². The molecule has 1 aliphatic heterocycles. The maximum absolute atomic E-state index is 13.0. The molecule has 108 valence electrons. The Labute approximate surface area is 130 Å². The molecule has 5 heteroatoms. The average Bonchev–Trinajstić information content (AvgIpc) is 2.49. The van der Waals surface area contributed by atoms with E-state index in [4.69, 9.17) is 0 Å². The number of anilines is 1. The average molecular weight is 349 g/mol. The summed E-state index contributed by atoms with van der Waals surface area (Å²) in [4.78, 5) is 12.3. The summed E-state index contributed by atoms with van der Waals surface area (Å²) in [6, 6.07) is 12.0. The highest BCUT2D eigenvalue weighted by atomic mass is 79.9. The van der Waals surface area contributed by atoms with E-state index in [1.54, 1.807) is 6.07 Å². The van der Waals surface area contributed by atoms with Gasteiger partial charge in [0.1, 0.15) is 5.82 Å². The Hall–Kier alpha value is -1.72. The molecule has 0 bridgehead atoms. The highest BCUT2D eigenvalue weighted by Crippen LogP contribution is 2.24. The highest BCUT2D eigenvalue weighted by molar-refractivity contribution is 9.10. The molecule has 0 unspecified atom stereocenters. The second-order valence-corrected chi connectivity index (χ2v) is 5.87. The van der Waals surface area contributed by atoms with Crippen LogP contribution < -0.4 is 10.6 Å². The molecule has 0 radical (unpaired) electrons. The van der Waals surface area contributed by atoms with Crippen molar-refractivity contribution in [2.45, 2.75) is 19.0 Å². The maximum Gasteiger partial charge on any atom is 0.241 e. The van der Waals surface area contributed by atoms with E-state index in [2.05, 4.69) is 32.6 Å². The molecular weight excluding hydrogens is 335 g/mol. The Kier molecular flexibility index (Phi) is 4.03. The van der Waals surface area contributed by atoms with Crippen LogP contribution in [-0.4, -0.2) is 11.9 Å². The summed E-state index contributed by atoms with van der Waals surface area (Å²) >= 11 is 3.25. The molecule has 0 saturated heterocycles. The van der Waals surface area contributed by atoms with Crippen LogP contribution in [0.15, 0.2) is 46.9 Å². The van der Waals surface area contributed by atoms with Gasteiger partial charge < -0.3 is 10.6 Å². The van der Waals surface area contributed by atoms with E-state index >= 15 is 0 Å². The quantitative estimate of drug-likeness (QED) is 0.874. The monoisotopic (exact) mass is 348 g/mol. The van der Waals surface area contributed by atoms with Crippen molar-refractivity contribution in [1.29, 1.82) is 0 Å². The lowest BCUT2D eigenvalue weighted by Gasteiger charge is -2.25. The maximum atomic E-state index is 13.0. The number of carbonyl (C=O) groups excluding carboxylic acids is 1. The number of carbonyl (C=O) groups is 1. The van der Waals surface area contributed by atoms with Crippen molar-refractivity contribution in [3.8, 4) is 0 Å². The SMILES string of the molecule is O=C(Nc1ccc(F)cc1Br)[C@@H]1Cc2ccccc2CN1. The van der Waals surface area contributed by atoms with E-state index in [9.17, 15) is 9.18 Å². The molecule has 1 atom stereocenters. The third kappa shape index (κ3) is 3.14. The van der Waals surface area contributed by atoms with Crippen molar-refractivity contribution in [2.75, 3.05) is 5.32 Å². The molecule has 0 aromatic heterocycles. The van der Waals surface area contributed by atoms with Crippen molar-refractivity contribution >= 4 is 27.5 Å². The van der Waals surface area contributed by atoms with Gasteiger partial charge in [0.15, 0.2) is 0 Å². The molecule has 2 N–H and O–H groups in total. The topological polar surface area (TPSA) is 41.1 Å². The summed E-state index contributed by atoms with van der Waals surface area (Å²) in [6.45, 7) is 0.679. The first kappa shape index (κ1) is 14.2. The molecule has 1 amide bonds. The van der Waals surface area contributed by atoms with Gasteiger partial charge in [-0.3, -0.25) is 4.79 Å². The van der Waals surface area contributed by atoms with Crippen LogP contribution in [0.3, 0.4) is 0 Å². The number of rotatable bonds is 2. The lowest BCUT2D eigenvalue weighted by Crippen LogP contribution is -2.44. The Morgan fingerprint density at radius 1 is 1.24 bits per heavy atom.